The first-order valence-corrected chi connectivity index (χ1v) is 16.0. The molecule has 1 fully saturated rings. The number of carbonyl (C=O) groups is 2. The number of aryl methyl sites for hydroxylation is 1. The second-order valence-electron chi connectivity index (χ2n) is 12.0. The number of aromatic nitrogens is 1. The van der Waals surface area contributed by atoms with E-state index < -0.39 is 10.0 Å². The molecule has 41 heavy (non-hydrogen) atoms. The number of para-hydroxylation sites is 1. The molecular weight excluding hydrogens is 540 g/mol. The SMILES string of the molecule is CCC(=O)N1CCC(Cc2cccc3cc(C(=O)Nc4cc(C(C)(C)C)cc(NS(C)(=O)=O)c4OC)n(C)c23)CC1. The zero-order valence-electron chi connectivity index (χ0n) is 25.1. The van der Waals surface area contributed by atoms with E-state index in [0.717, 1.165) is 55.1 Å². The Labute approximate surface area is 243 Å². The highest BCUT2D eigenvalue weighted by molar-refractivity contribution is 7.92. The van der Waals surface area contributed by atoms with Crippen LogP contribution in [0.3, 0.4) is 0 Å². The van der Waals surface area contributed by atoms with E-state index in [9.17, 15) is 18.0 Å². The van der Waals surface area contributed by atoms with Crippen molar-refractivity contribution in [2.75, 3.05) is 36.5 Å². The number of fused-ring (bicyclic) bond motifs is 1. The van der Waals surface area contributed by atoms with Crippen molar-refractivity contribution in [3.63, 3.8) is 0 Å². The van der Waals surface area contributed by atoms with Gasteiger partial charge in [-0.15, -0.1) is 0 Å². The molecule has 4 rings (SSSR count). The summed E-state index contributed by atoms with van der Waals surface area (Å²) in [6.07, 6.45) is 4.43. The number of likely N-dealkylation sites (tertiary alicyclic amines) is 1. The minimum atomic E-state index is -3.59. The molecule has 9 nitrogen and oxygen atoms in total. The lowest BCUT2D eigenvalue weighted by molar-refractivity contribution is -0.132. The predicted octanol–water partition coefficient (Wildman–Crippen LogP) is 5.30. The number of hydrogen-bond donors (Lipinski definition) is 2. The van der Waals surface area contributed by atoms with Gasteiger partial charge in [0.25, 0.3) is 5.91 Å². The molecule has 0 aliphatic carbocycles. The number of hydrogen-bond acceptors (Lipinski definition) is 5. The van der Waals surface area contributed by atoms with Crippen LogP contribution in [0, 0.1) is 5.92 Å². The summed E-state index contributed by atoms with van der Waals surface area (Å²) >= 11 is 0. The highest BCUT2D eigenvalue weighted by Crippen LogP contribution is 2.39. The van der Waals surface area contributed by atoms with Crippen LogP contribution in [0.2, 0.25) is 0 Å². The molecule has 0 atom stereocenters. The highest BCUT2D eigenvalue weighted by atomic mass is 32.2. The number of rotatable bonds is 8. The van der Waals surface area contributed by atoms with Crippen LogP contribution in [0.1, 0.15) is 68.6 Å². The fraction of sp³-hybridized carbons (Fsp3) is 0.484. The number of nitrogens with zero attached hydrogens (tertiary/aromatic N) is 2. The fourth-order valence-electron chi connectivity index (χ4n) is 5.64. The maximum Gasteiger partial charge on any atom is 0.272 e. The maximum atomic E-state index is 13.7. The van der Waals surface area contributed by atoms with Gasteiger partial charge in [-0.3, -0.25) is 14.3 Å². The van der Waals surface area contributed by atoms with Crippen molar-refractivity contribution in [2.45, 2.75) is 58.8 Å². The van der Waals surface area contributed by atoms with Crippen molar-refractivity contribution in [1.82, 2.24) is 9.47 Å². The Balaban J connectivity index is 1.64. The van der Waals surface area contributed by atoms with Crippen molar-refractivity contribution >= 4 is 44.1 Å². The standard InChI is InChI=1S/C31H42N4O5S/c1-8-27(36)35-14-12-20(13-15-35)16-21-10-9-11-22-17-26(34(5)28(21)22)30(37)32-24-18-23(31(2,3)4)19-25(29(24)40-6)33-41(7,38)39/h9-11,17-20,33H,8,12-16H2,1-7H3,(H,32,37). The average molecular weight is 583 g/mol. The third kappa shape index (κ3) is 6.86. The third-order valence-electron chi connectivity index (χ3n) is 7.85. The molecule has 0 unspecified atom stereocenters. The topological polar surface area (TPSA) is 110 Å². The molecule has 0 saturated carbocycles. The van der Waals surface area contributed by atoms with Crippen LogP contribution in [-0.4, -0.2) is 56.2 Å². The fourth-order valence-corrected chi connectivity index (χ4v) is 6.19. The number of carbonyl (C=O) groups excluding carboxylic acids is 2. The van der Waals surface area contributed by atoms with E-state index in [1.807, 2.05) is 68.5 Å². The molecular formula is C31H42N4O5S. The number of methoxy groups -OCH3 is 1. The maximum absolute atomic E-state index is 13.7. The summed E-state index contributed by atoms with van der Waals surface area (Å²) in [5.41, 5.74) is 3.85. The molecule has 222 valence electrons. The Hall–Kier alpha value is -3.53. The molecule has 2 amide bonds. The first kappa shape index (κ1) is 30.4. The number of benzene rings is 2. The molecule has 0 bridgehead atoms. The molecule has 2 heterocycles. The van der Waals surface area contributed by atoms with Crippen LogP contribution in [0.15, 0.2) is 36.4 Å². The van der Waals surface area contributed by atoms with Crippen LogP contribution in [0.25, 0.3) is 10.9 Å². The molecule has 2 aromatic carbocycles. The Kier molecular flexibility index (Phi) is 8.73. The number of sulfonamides is 1. The van der Waals surface area contributed by atoms with E-state index in [0.29, 0.717) is 23.7 Å². The average Bonchev–Trinajstić information content (AvgIpc) is 3.24. The van der Waals surface area contributed by atoms with E-state index in [-0.39, 0.29) is 28.7 Å². The van der Waals surface area contributed by atoms with Crippen molar-refractivity contribution < 1.29 is 22.7 Å². The van der Waals surface area contributed by atoms with Crippen molar-refractivity contribution in [3.8, 4) is 5.75 Å². The van der Waals surface area contributed by atoms with Gasteiger partial charge in [0.2, 0.25) is 15.9 Å². The quantitative estimate of drug-likeness (QED) is 0.375. The molecule has 10 heteroatoms. The second kappa shape index (κ2) is 11.8. The molecule has 2 N–H and O–H groups in total. The summed E-state index contributed by atoms with van der Waals surface area (Å²) in [5, 5.41) is 3.96. The summed E-state index contributed by atoms with van der Waals surface area (Å²) in [6.45, 7) is 9.53. The van der Waals surface area contributed by atoms with Gasteiger partial charge in [-0.25, -0.2) is 8.42 Å². The number of ether oxygens (including phenoxy) is 1. The van der Waals surface area contributed by atoms with E-state index in [4.69, 9.17) is 4.74 Å². The largest absolute Gasteiger partial charge is 0.492 e. The monoisotopic (exact) mass is 582 g/mol. The molecule has 1 aromatic heterocycles. The lowest BCUT2D eigenvalue weighted by atomic mass is 9.86. The van der Waals surface area contributed by atoms with E-state index in [1.165, 1.54) is 12.7 Å². The number of piperidine rings is 1. The summed E-state index contributed by atoms with van der Waals surface area (Å²) in [7, 11) is -0.249. The molecule has 3 aromatic rings. The lowest BCUT2D eigenvalue weighted by Crippen LogP contribution is -2.38. The van der Waals surface area contributed by atoms with Gasteiger partial charge < -0.3 is 19.5 Å². The van der Waals surface area contributed by atoms with Crippen LogP contribution >= 0.6 is 0 Å². The molecule has 1 aliphatic heterocycles. The summed E-state index contributed by atoms with van der Waals surface area (Å²) in [5.74, 6) is 0.603. The summed E-state index contributed by atoms with van der Waals surface area (Å²) in [6, 6.07) is 11.6. The second-order valence-corrected chi connectivity index (χ2v) is 13.8. The Morgan fingerprint density at radius 3 is 2.32 bits per heavy atom. The lowest BCUT2D eigenvalue weighted by Gasteiger charge is -2.32. The van der Waals surface area contributed by atoms with Crippen LogP contribution < -0.4 is 14.8 Å². The van der Waals surface area contributed by atoms with Gasteiger partial charge in [-0.1, -0.05) is 45.9 Å². The highest BCUT2D eigenvalue weighted by Gasteiger charge is 2.25. The Bertz CT molecular complexity index is 1560. The zero-order valence-corrected chi connectivity index (χ0v) is 25.9. The van der Waals surface area contributed by atoms with Crippen LogP contribution in [0.4, 0.5) is 11.4 Å². The normalized spacial score (nSPS) is 14.8. The third-order valence-corrected chi connectivity index (χ3v) is 8.44. The Morgan fingerprint density at radius 1 is 1.07 bits per heavy atom. The van der Waals surface area contributed by atoms with Gasteiger partial charge in [0.1, 0.15) is 5.69 Å². The summed E-state index contributed by atoms with van der Waals surface area (Å²) in [4.78, 5) is 27.7. The van der Waals surface area contributed by atoms with Crippen LogP contribution in [-0.2, 0) is 33.7 Å². The van der Waals surface area contributed by atoms with Gasteiger partial charge >= 0.3 is 0 Å². The van der Waals surface area contributed by atoms with Crippen molar-refractivity contribution in [2.24, 2.45) is 13.0 Å². The first-order valence-electron chi connectivity index (χ1n) is 14.1. The van der Waals surface area contributed by atoms with E-state index in [2.05, 4.69) is 16.1 Å². The van der Waals surface area contributed by atoms with Gasteiger partial charge in [-0.2, -0.15) is 0 Å². The molecule has 1 aliphatic rings. The van der Waals surface area contributed by atoms with Gasteiger partial charge in [-0.05, 0) is 59.9 Å². The van der Waals surface area contributed by atoms with Gasteiger partial charge in [0.15, 0.2) is 5.75 Å². The molecule has 1 saturated heterocycles. The van der Waals surface area contributed by atoms with Crippen LogP contribution in [0.5, 0.6) is 5.75 Å². The Morgan fingerprint density at radius 2 is 1.73 bits per heavy atom. The molecule has 0 spiro atoms. The number of amides is 2. The van der Waals surface area contributed by atoms with Gasteiger partial charge in [0, 0.05) is 31.9 Å². The molecule has 0 radical (unpaired) electrons. The minimum absolute atomic E-state index is 0.215. The predicted molar refractivity (Wildman–Crippen MR) is 164 cm³/mol. The summed E-state index contributed by atoms with van der Waals surface area (Å²) < 4.78 is 34.2. The van der Waals surface area contributed by atoms with Crippen molar-refractivity contribution in [1.29, 1.82) is 0 Å². The van der Waals surface area contributed by atoms with E-state index >= 15 is 0 Å². The van der Waals surface area contributed by atoms with Crippen molar-refractivity contribution in [3.05, 3.63) is 53.2 Å². The number of nitrogens with one attached hydrogen (secondary N) is 2. The zero-order chi connectivity index (χ0) is 30.1. The first-order chi connectivity index (χ1) is 19.2. The minimum Gasteiger partial charge on any atom is -0.492 e. The van der Waals surface area contributed by atoms with Gasteiger partial charge in [0.05, 0.1) is 30.3 Å². The smallest absolute Gasteiger partial charge is 0.272 e. The van der Waals surface area contributed by atoms with E-state index in [1.54, 1.807) is 6.07 Å². The number of anilines is 2.